The Bertz CT molecular complexity index is 1240. The molecule has 0 spiro atoms. The summed E-state index contributed by atoms with van der Waals surface area (Å²) >= 11 is 0. The van der Waals surface area contributed by atoms with E-state index in [0.29, 0.717) is 22.8 Å². The van der Waals surface area contributed by atoms with Crippen LogP contribution in [0.2, 0.25) is 0 Å². The first-order valence-corrected chi connectivity index (χ1v) is 11.1. The van der Waals surface area contributed by atoms with Crippen LogP contribution in [0.15, 0.2) is 54.9 Å². The van der Waals surface area contributed by atoms with Crippen LogP contribution in [0.3, 0.4) is 0 Å². The Morgan fingerprint density at radius 3 is 2.82 bits per heavy atom. The van der Waals surface area contributed by atoms with Crippen LogP contribution in [0.4, 0.5) is 34.8 Å². The van der Waals surface area contributed by atoms with Gasteiger partial charge in [0.15, 0.2) is 24.1 Å². The third-order valence-electron chi connectivity index (χ3n) is 6.53. The average Bonchev–Trinajstić information content (AvgIpc) is 3.58. The van der Waals surface area contributed by atoms with Crippen LogP contribution in [-0.2, 0) is 10.9 Å². The van der Waals surface area contributed by atoms with Crippen LogP contribution >= 0.6 is 0 Å². The molecule has 3 aliphatic heterocycles. The van der Waals surface area contributed by atoms with Gasteiger partial charge in [0.1, 0.15) is 0 Å². The summed E-state index contributed by atoms with van der Waals surface area (Å²) in [5, 5.41) is 3.06. The van der Waals surface area contributed by atoms with Crippen molar-refractivity contribution in [3.05, 3.63) is 66.2 Å². The molecule has 6 nitrogen and oxygen atoms in total. The number of hydrogen-bond donors (Lipinski definition) is 1. The van der Waals surface area contributed by atoms with Gasteiger partial charge in [0.25, 0.3) is 0 Å². The van der Waals surface area contributed by atoms with Gasteiger partial charge in [-0.15, -0.1) is 0 Å². The zero-order valence-corrected chi connectivity index (χ0v) is 18.0. The van der Waals surface area contributed by atoms with Crippen LogP contribution < -0.4 is 15.1 Å². The highest BCUT2D eigenvalue weighted by molar-refractivity contribution is 5.76. The molecule has 0 saturated carbocycles. The second-order valence-electron chi connectivity index (χ2n) is 8.71. The predicted molar refractivity (Wildman–Crippen MR) is 119 cm³/mol. The molecule has 2 saturated heterocycles. The molecule has 0 amide bonds. The highest BCUT2D eigenvalue weighted by Gasteiger charge is 2.50. The molecule has 10 heteroatoms. The van der Waals surface area contributed by atoms with Gasteiger partial charge in [-0.3, -0.25) is 4.98 Å². The molecule has 2 unspecified atom stereocenters. The number of piperidine rings is 1. The number of anilines is 3. The average molecular weight is 471 g/mol. The summed E-state index contributed by atoms with van der Waals surface area (Å²) < 4.78 is 59.7. The van der Waals surface area contributed by atoms with Crippen molar-refractivity contribution in [1.82, 2.24) is 9.97 Å². The SMILES string of the molecule is Fc1cnccc1NC1OC1N1c2nc(-c3cccc(C(F)(F)F)c3)ccc2N2CCC[C@H]1C2. The third kappa shape index (κ3) is 3.71. The highest BCUT2D eigenvalue weighted by atomic mass is 19.4. The molecule has 2 aromatic heterocycles. The fourth-order valence-corrected chi connectivity index (χ4v) is 4.86. The van der Waals surface area contributed by atoms with Gasteiger partial charge in [0, 0.05) is 24.8 Å². The zero-order valence-electron chi connectivity index (χ0n) is 18.0. The van der Waals surface area contributed by atoms with E-state index >= 15 is 0 Å². The smallest absolute Gasteiger partial charge is 0.366 e. The first kappa shape index (κ1) is 21.2. The Morgan fingerprint density at radius 1 is 1.12 bits per heavy atom. The lowest BCUT2D eigenvalue weighted by Gasteiger charge is -2.46. The maximum Gasteiger partial charge on any atom is 0.416 e. The molecule has 3 aliphatic rings. The quantitative estimate of drug-likeness (QED) is 0.432. The Balaban J connectivity index is 1.34. The molecule has 0 aliphatic carbocycles. The molecule has 34 heavy (non-hydrogen) atoms. The summed E-state index contributed by atoms with van der Waals surface area (Å²) in [6.07, 6.45) is -0.625. The van der Waals surface area contributed by atoms with Gasteiger partial charge in [0.05, 0.1) is 34.9 Å². The van der Waals surface area contributed by atoms with E-state index in [2.05, 4.69) is 20.1 Å². The monoisotopic (exact) mass is 471 g/mol. The van der Waals surface area contributed by atoms with E-state index in [0.717, 1.165) is 49.9 Å². The lowest BCUT2D eigenvalue weighted by molar-refractivity contribution is -0.137. The normalized spacial score (nSPS) is 23.5. The summed E-state index contributed by atoms with van der Waals surface area (Å²) in [5.74, 6) is 0.208. The lowest BCUT2D eigenvalue weighted by atomic mass is 9.99. The second kappa shape index (κ2) is 7.83. The second-order valence-corrected chi connectivity index (χ2v) is 8.71. The van der Waals surface area contributed by atoms with Crippen molar-refractivity contribution in [1.29, 1.82) is 0 Å². The molecule has 176 valence electrons. The Morgan fingerprint density at radius 2 is 2.00 bits per heavy atom. The van der Waals surface area contributed by atoms with E-state index in [1.807, 2.05) is 6.07 Å². The number of halogens is 4. The standard InChI is InChI=1S/C24H21F4N5O/c25-17-12-29-9-8-19(17)31-22-23(34-22)33-16-5-2-10-32(13-16)20-7-6-18(30-21(20)33)14-3-1-4-15(11-14)24(26,27)28/h1,3-4,6-9,11-12,16,22-23H,2,5,10,13H2,(H,29,31)/t16-,22?,23?/m0/s1. The van der Waals surface area contributed by atoms with Crippen LogP contribution in [0.5, 0.6) is 0 Å². The summed E-state index contributed by atoms with van der Waals surface area (Å²) in [6.45, 7) is 1.71. The fourth-order valence-electron chi connectivity index (χ4n) is 4.86. The lowest BCUT2D eigenvalue weighted by Crippen LogP contribution is -2.54. The van der Waals surface area contributed by atoms with Crippen LogP contribution in [0, 0.1) is 5.82 Å². The van der Waals surface area contributed by atoms with Crippen molar-refractivity contribution >= 4 is 17.2 Å². The molecule has 0 radical (unpaired) electrons. The van der Waals surface area contributed by atoms with E-state index in [-0.39, 0.29) is 12.3 Å². The summed E-state index contributed by atoms with van der Waals surface area (Å²) in [6, 6.07) is 10.6. The Hall–Kier alpha value is -3.40. The van der Waals surface area contributed by atoms with Crippen LogP contribution in [0.25, 0.3) is 11.3 Å². The van der Waals surface area contributed by atoms with Gasteiger partial charge in [-0.05, 0) is 43.2 Å². The minimum Gasteiger partial charge on any atom is -0.366 e. The number of nitrogens with one attached hydrogen (secondary N) is 1. The third-order valence-corrected chi connectivity index (χ3v) is 6.53. The maximum absolute atomic E-state index is 14.1. The van der Waals surface area contributed by atoms with Gasteiger partial charge < -0.3 is 19.9 Å². The highest BCUT2D eigenvalue weighted by Crippen LogP contribution is 2.44. The van der Waals surface area contributed by atoms with E-state index in [1.165, 1.54) is 12.3 Å². The number of rotatable bonds is 4. The van der Waals surface area contributed by atoms with Gasteiger partial charge in [-0.25, -0.2) is 9.37 Å². The number of nitrogens with zero attached hydrogens (tertiary/aromatic N) is 4. The molecule has 1 aromatic carbocycles. The predicted octanol–water partition coefficient (Wildman–Crippen LogP) is 4.88. The van der Waals surface area contributed by atoms with Crippen LogP contribution in [-0.4, -0.2) is 41.6 Å². The van der Waals surface area contributed by atoms with Gasteiger partial charge in [0.2, 0.25) is 0 Å². The maximum atomic E-state index is 14.1. The summed E-state index contributed by atoms with van der Waals surface area (Å²) in [5.41, 5.74) is 1.37. The van der Waals surface area contributed by atoms with E-state index in [4.69, 9.17) is 9.72 Å². The van der Waals surface area contributed by atoms with E-state index < -0.39 is 23.8 Å². The van der Waals surface area contributed by atoms with Crippen molar-refractivity contribution in [2.45, 2.75) is 37.5 Å². The van der Waals surface area contributed by atoms with Crippen molar-refractivity contribution in [3.8, 4) is 11.3 Å². The van der Waals surface area contributed by atoms with Crippen molar-refractivity contribution < 1.29 is 22.3 Å². The molecule has 3 aromatic rings. The molecule has 6 rings (SSSR count). The first-order chi connectivity index (χ1) is 16.4. The number of alkyl halides is 3. The number of aromatic nitrogens is 2. The van der Waals surface area contributed by atoms with Crippen molar-refractivity contribution in [3.63, 3.8) is 0 Å². The largest absolute Gasteiger partial charge is 0.416 e. The Labute approximate surface area is 193 Å². The molecule has 5 heterocycles. The number of hydrogen-bond acceptors (Lipinski definition) is 6. The van der Waals surface area contributed by atoms with E-state index in [9.17, 15) is 17.6 Å². The minimum absolute atomic E-state index is 0.143. The molecular formula is C24H21F4N5O. The van der Waals surface area contributed by atoms with E-state index in [1.54, 1.807) is 18.2 Å². The first-order valence-electron chi connectivity index (χ1n) is 11.1. The summed E-state index contributed by atoms with van der Waals surface area (Å²) in [4.78, 5) is 12.9. The van der Waals surface area contributed by atoms with Crippen LogP contribution in [0.1, 0.15) is 18.4 Å². The van der Waals surface area contributed by atoms with Gasteiger partial charge >= 0.3 is 6.18 Å². The molecule has 2 bridgehead atoms. The van der Waals surface area contributed by atoms with Crippen molar-refractivity contribution in [2.75, 3.05) is 28.2 Å². The number of pyridine rings is 2. The van der Waals surface area contributed by atoms with Gasteiger partial charge in [-0.1, -0.05) is 12.1 Å². The number of ether oxygens (including phenoxy) is 1. The fraction of sp³-hybridized carbons (Fsp3) is 0.333. The molecule has 2 fully saturated rings. The Kier molecular flexibility index (Phi) is 4.87. The number of fused-ring (bicyclic) bond motifs is 4. The molecule has 1 N–H and O–H groups in total. The summed E-state index contributed by atoms with van der Waals surface area (Å²) in [7, 11) is 0. The van der Waals surface area contributed by atoms with Gasteiger partial charge in [-0.2, -0.15) is 13.2 Å². The van der Waals surface area contributed by atoms with Crippen molar-refractivity contribution in [2.24, 2.45) is 0 Å². The number of epoxide rings is 1. The zero-order chi connectivity index (χ0) is 23.4. The minimum atomic E-state index is -4.43. The molecule has 3 atom stereocenters. The number of benzene rings is 1. The topological polar surface area (TPSA) is 56.8 Å². The molecular weight excluding hydrogens is 450 g/mol.